The maximum atomic E-state index is 7.79. The molecule has 0 aliphatic heterocycles. The zero-order chi connectivity index (χ0) is 16.4. The molecule has 0 unspecified atom stereocenters. The number of aryl methyl sites for hydroxylation is 2. The first-order valence-corrected chi connectivity index (χ1v) is 6.58. The highest BCUT2D eigenvalue weighted by atomic mass is 14.7. The SMILES string of the molecule is [2H]C([2H])([2H])c1ccc(-c2cc(C)ccn2)cc1-c1ccccc1. The standard InChI is InChI=1S/C19H17N/c1-14-10-11-20-19(12-14)17-9-8-15(2)18(13-17)16-6-4-3-5-7-16/h3-13H,1-2H3/i2D3. The average Bonchev–Trinajstić information content (AvgIpc) is 2.54. The van der Waals surface area contributed by atoms with E-state index in [1.165, 1.54) is 0 Å². The zero-order valence-corrected chi connectivity index (χ0v) is 11.3. The number of rotatable bonds is 2. The monoisotopic (exact) mass is 262 g/mol. The molecule has 20 heavy (non-hydrogen) atoms. The van der Waals surface area contributed by atoms with Crippen molar-refractivity contribution in [2.24, 2.45) is 0 Å². The van der Waals surface area contributed by atoms with Gasteiger partial charge in [0.05, 0.1) is 5.69 Å². The van der Waals surface area contributed by atoms with Crippen molar-refractivity contribution in [3.05, 3.63) is 78.0 Å². The van der Waals surface area contributed by atoms with Crippen LogP contribution in [0.1, 0.15) is 15.2 Å². The lowest BCUT2D eigenvalue weighted by molar-refractivity contribution is 1.28. The molecule has 0 spiro atoms. The summed E-state index contributed by atoms with van der Waals surface area (Å²) in [5.74, 6) is 0. The van der Waals surface area contributed by atoms with Crippen LogP contribution in [0, 0.1) is 13.8 Å². The van der Waals surface area contributed by atoms with E-state index in [1.807, 2.05) is 61.5 Å². The fourth-order valence-corrected chi connectivity index (χ4v) is 2.25. The molecule has 0 N–H and O–H groups in total. The van der Waals surface area contributed by atoms with Gasteiger partial charge in [0.15, 0.2) is 0 Å². The lowest BCUT2D eigenvalue weighted by atomic mass is 9.97. The minimum atomic E-state index is -2.15. The average molecular weight is 262 g/mol. The van der Waals surface area contributed by atoms with Crippen LogP contribution in [-0.2, 0) is 0 Å². The Morgan fingerprint density at radius 2 is 1.75 bits per heavy atom. The number of pyridine rings is 1. The Balaban J connectivity index is 2.20. The molecule has 0 radical (unpaired) electrons. The van der Waals surface area contributed by atoms with E-state index in [-0.39, 0.29) is 0 Å². The third-order valence-corrected chi connectivity index (χ3v) is 3.32. The zero-order valence-electron chi connectivity index (χ0n) is 14.3. The molecule has 0 saturated heterocycles. The summed E-state index contributed by atoms with van der Waals surface area (Å²) in [6, 6.07) is 19.0. The first kappa shape index (κ1) is 9.49. The normalized spacial score (nSPS) is 13.3. The summed E-state index contributed by atoms with van der Waals surface area (Å²) in [6.45, 7) is -0.135. The van der Waals surface area contributed by atoms with Crippen LogP contribution < -0.4 is 0 Å². The maximum absolute atomic E-state index is 7.79. The highest BCUT2D eigenvalue weighted by Gasteiger charge is 2.05. The molecule has 98 valence electrons. The largest absolute Gasteiger partial charge is 0.256 e. The Kier molecular flexibility index (Phi) is 2.51. The smallest absolute Gasteiger partial charge is 0.0704 e. The van der Waals surface area contributed by atoms with Crippen LogP contribution in [-0.4, -0.2) is 4.98 Å². The van der Waals surface area contributed by atoms with Gasteiger partial charge in [0.25, 0.3) is 0 Å². The Hall–Kier alpha value is -2.41. The molecule has 2 aromatic carbocycles. The third kappa shape index (κ3) is 2.48. The van der Waals surface area contributed by atoms with Crippen molar-refractivity contribution in [1.29, 1.82) is 0 Å². The Morgan fingerprint density at radius 1 is 0.900 bits per heavy atom. The summed E-state index contributed by atoms with van der Waals surface area (Å²) in [4.78, 5) is 4.40. The van der Waals surface area contributed by atoms with E-state index >= 15 is 0 Å². The fraction of sp³-hybridized carbons (Fsp3) is 0.105. The summed E-state index contributed by atoms with van der Waals surface area (Å²) in [5.41, 5.74) is 4.87. The van der Waals surface area contributed by atoms with Crippen molar-refractivity contribution >= 4 is 0 Å². The van der Waals surface area contributed by atoms with Gasteiger partial charge in [-0.05, 0) is 54.2 Å². The van der Waals surface area contributed by atoms with Crippen molar-refractivity contribution in [1.82, 2.24) is 4.98 Å². The van der Waals surface area contributed by atoms with E-state index in [0.717, 1.165) is 27.9 Å². The molecule has 1 aromatic heterocycles. The summed E-state index contributed by atoms with van der Waals surface area (Å²) >= 11 is 0. The van der Waals surface area contributed by atoms with Gasteiger partial charge in [-0.2, -0.15) is 0 Å². The van der Waals surface area contributed by atoms with E-state index in [2.05, 4.69) is 4.98 Å². The quantitative estimate of drug-likeness (QED) is 0.631. The molecule has 3 aromatic rings. The number of aromatic nitrogens is 1. The lowest BCUT2D eigenvalue weighted by Crippen LogP contribution is -1.88. The lowest BCUT2D eigenvalue weighted by Gasteiger charge is -2.09. The van der Waals surface area contributed by atoms with E-state index in [1.54, 1.807) is 12.3 Å². The van der Waals surface area contributed by atoms with Gasteiger partial charge in [-0.3, -0.25) is 4.98 Å². The molecule has 1 heterocycles. The van der Waals surface area contributed by atoms with Gasteiger partial charge in [-0.1, -0.05) is 42.5 Å². The first-order chi connectivity index (χ1) is 10.9. The second-order valence-electron chi connectivity index (χ2n) is 4.84. The van der Waals surface area contributed by atoms with Gasteiger partial charge in [-0.25, -0.2) is 0 Å². The number of benzene rings is 2. The van der Waals surface area contributed by atoms with Crippen molar-refractivity contribution < 1.29 is 4.11 Å². The van der Waals surface area contributed by atoms with Gasteiger partial charge in [0.2, 0.25) is 0 Å². The van der Waals surface area contributed by atoms with E-state index in [4.69, 9.17) is 4.11 Å². The molecule has 0 bridgehead atoms. The number of hydrogen-bond acceptors (Lipinski definition) is 1. The topological polar surface area (TPSA) is 12.9 Å². The van der Waals surface area contributed by atoms with Gasteiger partial charge < -0.3 is 0 Å². The maximum Gasteiger partial charge on any atom is 0.0704 e. The van der Waals surface area contributed by atoms with Gasteiger partial charge in [0.1, 0.15) is 0 Å². The van der Waals surface area contributed by atoms with Crippen LogP contribution in [0.15, 0.2) is 66.9 Å². The van der Waals surface area contributed by atoms with Gasteiger partial charge in [0, 0.05) is 15.9 Å². The van der Waals surface area contributed by atoms with Crippen LogP contribution in [0.3, 0.4) is 0 Å². The van der Waals surface area contributed by atoms with Crippen LogP contribution in [0.4, 0.5) is 0 Å². The summed E-state index contributed by atoms with van der Waals surface area (Å²) in [5, 5.41) is 0. The highest BCUT2D eigenvalue weighted by molar-refractivity contribution is 5.74. The predicted octanol–water partition coefficient (Wildman–Crippen LogP) is 5.03. The van der Waals surface area contributed by atoms with E-state index in [9.17, 15) is 0 Å². The van der Waals surface area contributed by atoms with Crippen LogP contribution in [0.2, 0.25) is 0 Å². The minimum Gasteiger partial charge on any atom is -0.256 e. The van der Waals surface area contributed by atoms with Crippen LogP contribution in [0.25, 0.3) is 22.4 Å². The second-order valence-corrected chi connectivity index (χ2v) is 4.84. The van der Waals surface area contributed by atoms with Crippen molar-refractivity contribution in [3.8, 4) is 22.4 Å². The fourth-order valence-electron chi connectivity index (χ4n) is 2.25. The minimum absolute atomic E-state index is 0.361. The van der Waals surface area contributed by atoms with E-state index in [0.29, 0.717) is 5.56 Å². The van der Waals surface area contributed by atoms with Crippen molar-refractivity contribution in [2.45, 2.75) is 13.8 Å². The number of nitrogens with zero attached hydrogens (tertiary/aromatic N) is 1. The molecule has 1 nitrogen and oxygen atoms in total. The Labute approximate surface area is 124 Å². The van der Waals surface area contributed by atoms with Crippen LogP contribution >= 0.6 is 0 Å². The molecular formula is C19H17N. The molecule has 0 aliphatic rings. The van der Waals surface area contributed by atoms with Gasteiger partial charge in [-0.15, -0.1) is 0 Å². The summed E-state index contributed by atoms with van der Waals surface area (Å²) in [7, 11) is 0. The van der Waals surface area contributed by atoms with Gasteiger partial charge >= 0.3 is 0 Å². The Morgan fingerprint density at radius 3 is 2.50 bits per heavy atom. The van der Waals surface area contributed by atoms with Crippen molar-refractivity contribution in [3.63, 3.8) is 0 Å². The molecule has 0 fully saturated rings. The summed E-state index contributed by atoms with van der Waals surface area (Å²) in [6.07, 6.45) is 1.77. The van der Waals surface area contributed by atoms with E-state index < -0.39 is 6.85 Å². The molecular weight excluding hydrogens is 242 g/mol. The predicted molar refractivity (Wildman–Crippen MR) is 84.6 cm³/mol. The summed E-state index contributed by atoms with van der Waals surface area (Å²) < 4.78 is 23.4. The Bertz CT molecular complexity index is 824. The van der Waals surface area contributed by atoms with Crippen molar-refractivity contribution in [2.75, 3.05) is 0 Å². The first-order valence-electron chi connectivity index (χ1n) is 8.08. The highest BCUT2D eigenvalue weighted by Crippen LogP contribution is 2.28. The third-order valence-electron chi connectivity index (χ3n) is 3.32. The molecule has 1 heteroatoms. The molecule has 0 amide bonds. The number of hydrogen-bond donors (Lipinski definition) is 0. The molecule has 3 rings (SSSR count). The second kappa shape index (κ2) is 5.30. The molecule has 0 saturated carbocycles. The molecule has 0 aliphatic carbocycles. The molecule has 0 atom stereocenters. The van der Waals surface area contributed by atoms with Crippen LogP contribution in [0.5, 0.6) is 0 Å².